The Morgan fingerprint density at radius 2 is 2.18 bits per heavy atom. The van der Waals surface area contributed by atoms with Crippen LogP contribution in [0.15, 0.2) is 0 Å². The van der Waals surface area contributed by atoms with Crippen LogP contribution in [-0.4, -0.2) is 20.2 Å². The molecule has 0 bridgehead atoms. The molecule has 2 N–H and O–H groups in total. The Morgan fingerprint density at radius 3 is 2.55 bits per heavy atom. The molecule has 0 aromatic rings. The summed E-state index contributed by atoms with van der Waals surface area (Å²) in [6.45, 7) is 1.61. The fraction of sp³-hybridized carbons (Fsp3) is 0.667. The van der Waals surface area contributed by atoms with Crippen molar-refractivity contribution in [3.05, 3.63) is 0 Å². The molecular weight excluding hydrogens is 169 g/mol. The molecule has 5 heteroatoms. The third kappa shape index (κ3) is 7.30. The van der Waals surface area contributed by atoms with E-state index in [1.165, 1.54) is 0 Å². The van der Waals surface area contributed by atoms with Crippen LogP contribution in [-0.2, 0) is 10.2 Å². The zero-order valence-electron chi connectivity index (χ0n) is 6.17. The fourth-order valence-corrected chi connectivity index (χ4v) is 1.18. The molecule has 0 radical (unpaired) electrons. The minimum Gasteiger partial charge on any atom is -0.326 e. The van der Waals surface area contributed by atoms with Crippen LogP contribution in [0.5, 0.6) is 0 Å². The lowest BCUT2D eigenvalue weighted by Crippen LogP contribution is -2.27. The number of halogens is 1. The molecular formula is C6H10FNO2S. The van der Waals surface area contributed by atoms with Gasteiger partial charge in [0.2, 0.25) is 0 Å². The van der Waals surface area contributed by atoms with Crippen molar-refractivity contribution in [1.29, 1.82) is 0 Å². The number of nitrogens with two attached hydrogens (primary N) is 1. The van der Waals surface area contributed by atoms with Gasteiger partial charge in [-0.3, -0.25) is 0 Å². The van der Waals surface area contributed by atoms with E-state index in [1.54, 1.807) is 6.92 Å². The quantitative estimate of drug-likeness (QED) is 0.491. The van der Waals surface area contributed by atoms with E-state index in [4.69, 9.17) is 5.73 Å². The van der Waals surface area contributed by atoms with E-state index in [2.05, 4.69) is 11.8 Å². The normalized spacial score (nSPS) is 13.4. The molecule has 0 spiro atoms. The molecule has 0 aliphatic carbocycles. The Kier molecular flexibility index (Phi) is 4.08. The first-order valence-corrected chi connectivity index (χ1v) is 4.58. The standard InChI is InChI=1S/C6H10FNO2S/c1-2-3-4-6(8)5-11(7,9)10/h6H,4-5,8H2,1H3. The summed E-state index contributed by atoms with van der Waals surface area (Å²) in [5, 5.41) is 0. The van der Waals surface area contributed by atoms with Gasteiger partial charge in [-0.25, -0.2) is 0 Å². The van der Waals surface area contributed by atoms with Crippen molar-refractivity contribution in [2.45, 2.75) is 19.4 Å². The predicted molar refractivity (Wildman–Crippen MR) is 40.9 cm³/mol. The Labute approximate surface area is 66.0 Å². The molecule has 0 aliphatic rings. The molecule has 0 amide bonds. The maximum absolute atomic E-state index is 11.9. The summed E-state index contributed by atoms with van der Waals surface area (Å²) in [4.78, 5) is 0. The Hall–Kier alpha value is -0.600. The van der Waals surface area contributed by atoms with E-state index in [0.29, 0.717) is 0 Å². The van der Waals surface area contributed by atoms with Crippen molar-refractivity contribution < 1.29 is 12.3 Å². The second-order valence-corrected chi connectivity index (χ2v) is 3.51. The first-order chi connectivity index (χ1) is 4.95. The topological polar surface area (TPSA) is 60.2 Å². The Morgan fingerprint density at radius 1 is 1.64 bits per heavy atom. The summed E-state index contributed by atoms with van der Waals surface area (Å²) in [5.41, 5.74) is 5.22. The van der Waals surface area contributed by atoms with E-state index in [-0.39, 0.29) is 6.42 Å². The minimum atomic E-state index is -4.45. The summed E-state index contributed by atoms with van der Waals surface area (Å²) in [7, 11) is -4.45. The van der Waals surface area contributed by atoms with Crippen LogP contribution < -0.4 is 5.73 Å². The number of hydrogen-bond donors (Lipinski definition) is 1. The van der Waals surface area contributed by atoms with Crippen LogP contribution >= 0.6 is 0 Å². The second-order valence-electron chi connectivity index (χ2n) is 2.10. The van der Waals surface area contributed by atoms with Crippen molar-refractivity contribution >= 4 is 10.2 Å². The van der Waals surface area contributed by atoms with Crippen molar-refractivity contribution in [3.8, 4) is 11.8 Å². The average Bonchev–Trinajstić information content (AvgIpc) is 1.79. The maximum Gasteiger partial charge on any atom is 0.303 e. The summed E-state index contributed by atoms with van der Waals surface area (Å²) >= 11 is 0. The van der Waals surface area contributed by atoms with Crippen LogP contribution in [0.4, 0.5) is 3.89 Å². The number of rotatable bonds is 3. The molecule has 0 heterocycles. The van der Waals surface area contributed by atoms with E-state index in [0.717, 1.165) is 0 Å². The van der Waals surface area contributed by atoms with Crippen molar-refractivity contribution in [1.82, 2.24) is 0 Å². The molecule has 11 heavy (non-hydrogen) atoms. The first kappa shape index (κ1) is 10.4. The fourth-order valence-electron chi connectivity index (χ4n) is 0.548. The monoisotopic (exact) mass is 179 g/mol. The summed E-state index contributed by atoms with van der Waals surface area (Å²) in [5.74, 6) is 4.45. The van der Waals surface area contributed by atoms with Crippen LogP contribution in [0, 0.1) is 11.8 Å². The van der Waals surface area contributed by atoms with Crippen molar-refractivity contribution in [2.24, 2.45) is 5.73 Å². The van der Waals surface area contributed by atoms with E-state index >= 15 is 0 Å². The van der Waals surface area contributed by atoms with Crippen LogP contribution in [0.25, 0.3) is 0 Å². The van der Waals surface area contributed by atoms with Gasteiger partial charge in [0.15, 0.2) is 0 Å². The van der Waals surface area contributed by atoms with Crippen molar-refractivity contribution in [2.75, 3.05) is 5.75 Å². The SMILES string of the molecule is CC#CCC(N)CS(=O)(=O)F. The van der Waals surface area contributed by atoms with Crippen molar-refractivity contribution in [3.63, 3.8) is 0 Å². The highest BCUT2D eigenvalue weighted by molar-refractivity contribution is 7.86. The van der Waals surface area contributed by atoms with Gasteiger partial charge < -0.3 is 5.73 Å². The molecule has 1 atom stereocenters. The van der Waals surface area contributed by atoms with Gasteiger partial charge in [-0.05, 0) is 6.92 Å². The van der Waals surface area contributed by atoms with Crippen LogP contribution in [0.3, 0.4) is 0 Å². The zero-order valence-corrected chi connectivity index (χ0v) is 6.99. The third-order valence-electron chi connectivity index (χ3n) is 0.954. The first-order valence-electron chi connectivity index (χ1n) is 3.03. The molecule has 0 rings (SSSR count). The molecule has 0 aromatic heterocycles. The van der Waals surface area contributed by atoms with E-state index < -0.39 is 22.0 Å². The highest BCUT2D eigenvalue weighted by Gasteiger charge is 2.12. The lowest BCUT2D eigenvalue weighted by atomic mass is 10.2. The van der Waals surface area contributed by atoms with Gasteiger partial charge in [-0.15, -0.1) is 15.7 Å². The molecule has 64 valence electrons. The molecule has 0 aromatic carbocycles. The second kappa shape index (κ2) is 4.31. The Bertz CT molecular complexity index is 262. The highest BCUT2D eigenvalue weighted by atomic mass is 32.3. The maximum atomic E-state index is 11.9. The summed E-state index contributed by atoms with van der Waals surface area (Å²) < 4.78 is 31.9. The number of hydrogen-bond acceptors (Lipinski definition) is 3. The summed E-state index contributed by atoms with van der Waals surface area (Å²) in [6, 6.07) is -0.725. The summed E-state index contributed by atoms with van der Waals surface area (Å²) in [6.07, 6.45) is 0.208. The van der Waals surface area contributed by atoms with Gasteiger partial charge in [0.1, 0.15) is 0 Å². The lowest BCUT2D eigenvalue weighted by Gasteiger charge is -2.01. The molecule has 0 saturated carbocycles. The van der Waals surface area contributed by atoms with Gasteiger partial charge in [-0.2, -0.15) is 8.42 Å². The smallest absolute Gasteiger partial charge is 0.303 e. The zero-order chi connectivity index (χ0) is 8.91. The van der Waals surface area contributed by atoms with Gasteiger partial charge in [0.25, 0.3) is 0 Å². The van der Waals surface area contributed by atoms with E-state index in [1.807, 2.05) is 0 Å². The molecule has 1 unspecified atom stereocenters. The lowest BCUT2D eigenvalue weighted by molar-refractivity contribution is 0.544. The molecule has 0 fully saturated rings. The van der Waals surface area contributed by atoms with E-state index in [9.17, 15) is 12.3 Å². The molecule has 3 nitrogen and oxygen atoms in total. The average molecular weight is 179 g/mol. The Balaban J connectivity index is 3.86. The van der Waals surface area contributed by atoms with Crippen LogP contribution in [0.2, 0.25) is 0 Å². The molecule has 0 aliphatic heterocycles. The van der Waals surface area contributed by atoms with Gasteiger partial charge in [0.05, 0.1) is 5.75 Å². The third-order valence-corrected chi connectivity index (χ3v) is 1.78. The van der Waals surface area contributed by atoms with Gasteiger partial charge >= 0.3 is 10.2 Å². The van der Waals surface area contributed by atoms with Crippen LogP contribution in [0.1, 0.15) is 13.3 Å². The largest absolute Gasteiger partial charge is 0.326 e. The van der Waals surface area contributed by atoms with Gasteiger partial charge in [-0.1, -0.05) is 0 Å². The highest BCUT2D eigenvalue weighted by Crippen LogP contribution is 1.96. The van der Waals surface area contributed by atoms with Gasteiger partial charge in [0, 0.05) is 12.5 Å². The minimum absolute atomic E-state index is 0.208. The predicted octanol–water partition coefficient (Wildman–Crippen LogP) is 0.0264. The molecule has 0 saturated heterocycles.